The van der Waals surface area contributed by atoms with Crippen molar-refractivity contribution in [2.24, 2.45) is 11.3 Å². The number of amides is 3. The molecule has 2 fully saturated rings. The van der Waals surface area contributed by atoms with Gasteiger partial charge in [0.15, 0.2) is 5.69 Å². The highest BCUT2D eigenvalue weighted by atomic mass is 19.1. The van der Waals surface area contributed by atoms with Crippen LogP contribution in [0.15, 0.2) is 24.3 Å². The van der Waals surface area contributed by atoms with Gasteiger partial charge in [-0.25, -0.2) is 13.9 Å². The first-order valence-electron chi connectivity index (χ1n) is 15.7. The number of unbranched alkanes of at least 4 members (excludes halogenated alkanes) is 1. The molecule has 0 bridgehead atoms. The summed E-state index contributed by atoms with van der Waals surface area (Å²) in [5, 5.41) is 19.0. The summed E-state index contributed by atoms with van der Waals surface area (Å²) in [4.78, 5) is 45.9. The lowest BCUT2D eigenvalue weighted by atomic mass is 9.74. The van der Waals surface area contributed by atoms with Crippen molar-refractivity contribution < 1.29 is 33.4 Å². The van der Waals surface area contributed by atoms with Crippen molar-refractivity contribution in [3.63, 3.8) is 0 Å². The normalized spacial score (nSPS) is 20.8. The van der Waals surface area contributed by atoms with E-state index in [1.165, 1.54) is 15.6 Å². The third-order valence-corrected chi connectivity index (χ3v) is 8.65. The molecular weight excluding hydrogens is 583 g/mol. The van der Waals surface area contributed by atoms with Crippen LogP contribution in [0.25, 0.3) is 5.69 Å². The summed E-state index contributed by atoms with van der Waals surface area (Å²) in [7, 11) is 1.62. The van der Waals surface area contributed by atoms with Crippen molar-refractivity contribution >= 4 is 17.9 Å². The number of rotatable bonds is 10. The molecule has 4 rings (SSSR count). The lowest BCUT2D eigenvalue weighted by molar-refractivity contribution is -0.144. The van der Waals surface area contributed by atoms with Gasteiger partial charge in [0.2, 0.25) is 5.91 Å². The van der Waals surface area contributed by atoms with Crippen molar-refractivity contribution in [1.29, 1.82) is 0 Å². The first-order valence-corrected chi connectivity index (χ1v) is 15.7. The van der Waals surface area contributed by atoms with Gasteiger partial charge in [-0.3, -0.25) is 9.59 Å². The minimum absolute atomic E-state index is 0.0400. The monoisotopic (exact) mass is 630 g/mol. The summed E-state index contributed by atoms with van der Waals surface area (Å²) >= 11 is 0. The molecule has 45 heavy (non-hydrogen) atoms. The fourth-order valence-corrected chi connectivity index (χ4v) is 6.72. The molecule has 3 amide bonds. The Hall–Kier alpha value is -3.58. The van der Waals surface area contributed by atoms with E-state index in [0.29, 0.717) is 57.9 Å². The largest absolute Gasteiger partial charge is 0.465 e. The SMILES string of the molecule is COCCCCc1c(C(=O)N(C(C)C)[C@H]2C[C@@H](C(=O)N3CCOCC3)CN(C(=O)O)C2C(C)(C)C)nnn1-c1ccccc1F. The molecule has 1 unspecified atom stereocenters. The van der Waals surface area contributed by atoms with Crippen molar-refractivity contribution in [2.75, 3.05) is 46.6 Å². The Morgan fingerprint density at radius 2 is 1.84 bits per heavy atom. The predicted molar refractivity (Wildman–Crippen MR) is 165 cm³/mol. The molecule has 248 valence electrons. The van der Waals surface area contributed by atoms with Gasteiger partial charge >= 0.3 is 6.09 Å². The number of hydrogen-bond donors (Lipinski definition) is 1. The van der Waals surface area contributed by atoms with E-state index in [-0.39, 0.29) is 36.3 Å². The standard InChI is InChI=1S/C32H47FN6O6/c1-21(2)38(30(41)27-25(13-9-10-16-44-6)39(35-34-27)24-12-8-7-11-23(24)33)26-19-22(29(40)36-14-17-45-18-15-36)20-37(31(42)43)28(26)32(3,4)5/h7-8,11-12,21-22,26,28H,9-10,13-20H2,1-6H3,(H,42,43)/t22-,26+,28?/m1/s1. The fraction of sp³-hybridized carbons (Fsp3) is 0.656. The molecule has 1 N–H and O–H groups in total. The zero-order valence-electron chi connectivity index (χ0n) is 27.2. The van der Waals surface area contributed by atoms with E-state index in [1.54, 1.807) is 35.1 Å². The smallest absolute Gasteiger partial charge is 0.407 e. The van der Waals surface area contributed by atoms with Crippen LogP contribution >= 0.6 is 0 Å². The Morgan fingerprint density at radius 1 is 1.16 bits per heavy atom. The van der Waals surface area contributed by atoms with Crippen molar-refractivity contribution in [3.05, 3.63) is 41.5 Å². The number of aromatic nitrogens is 3. The highest BCUT2D eigenvalue weighted by Crippen LogP contribution is 2.39. The lowest BCUT2D eigenvalue weighted by Crippen LogP contribution is -2.67. The number of likely N-dealkylation sites (tertiary alicyclic amines) is 1. The molecule has 3 atom stereocenters. The van der Waals surface area contributed by atoms with E-state index in [0.717, 1.165) is 0 Å². The van der Waals surface area contributed by atoms with Gasteiger partial charge < -0.3 is 29.3 Å². The maximum Gasteiger partial charge on any atom is 0.407 e. The van der Waals surface area contributed by atoms with Gasteiger partial charge in [-0.2, -0.15) is 0 Å². The molecule has 13 heteroatoms. The lowest BCUT2D eigenvalue weighted by Gasteiger charge is -2.53. The number of hydrogen-bond acceptors (Lipinski definition) is 7. The van der Waals surface area contributed by atoms with E-state index < -0.39 is 41.2 Å². The number of piperidine rings is 1. The first-order chi connectivity index (χ1) is 21.4. The molecule has 2 aromatic rings. The van der Waals surface area contributed by atoms with E-state index in [4.69, 9.17) is 9.47 Å². The second-order valence-corrected chi connectivity index (χ2v) is 13.2. The summed E-state index contributed by atoms with van der Waals surface area (Å²) in [6, 6.07) is 4.56. The van der Waals surface area contributed by atoms with Crippen LogP contribution in [0.2, 0.25) is 0 Å². The topological polar surface area (TPSA) is 130 Å². The Balaban J connectivity index is 1.78. The first kappa shape index (κ1) is 34.3. The van der Waals surface area contributed by atoms with Crippen LogP contribution in [-0.2, 0) is 20.7 Å². The molecule has 12 nitrogen and oxygen atoms in total. The highest BCUT2D eigenvalue weighted by molar-refractivity contribution is 5.94. The van der Waals surface area contributed by atoms with Gasteiger partial charge in [-0.1, -0.05) is 38.1 Å². The maximum atomic E-state index is 15.0. The average Bonchev–Trinajstić information content (AvgIpc) is 3.42. The third-order valence-electron chi connectivity index (χ3n) is 8.65. The molecule has 1 aromatic heterocycles. The number of methoxy groups -OCH3 is 1. The summed E-state index contributed by atoms with van der Waals surface area (Å²) < 4.78 is 27.0. The van der Waals surface area contributed by atoms with Crippen LogP contribution in [0, 0.1) is 17.2 Å². The number of ether oxygens (including phenoxy) is 2. The second-order valence-electron chi connectivity index (χ2n) is 13.2. The number of carbonyl (C=O) groups excluding carboxylic acids is 2. The molecule has 2 saturated heterocycles. The number of benzene rings is 1. The Morgan fingerprint density at radius 3 is 2.44 bits per heavy atom. The number of nitrogens with zero attached hydrogens (tertiary/aromatic N) is 6. The highest BCUT2D eigenvalue weighted by Gasteiger charge is 2.51. The summed E-state index contributed by atoms with van der Waals surface area (Å²) in [5.74, 6) is -1.71. The van der Waals surface area contributed by atoms with Crippen LogP contribution in [0.5, 0.6) is 0 Å². The molecule has 0 saturated carbocycles. The molecule has 3 heterocycles. The van der Waals surface area contributed by atoms with E-state index in [2.05, 4.69) is 10.3 Å². The number of morpholine rings is 1. The molecular formula is C32H47FN6O6. The van der Waals surface area contributed by atoms with E-state index in [9.17, 15) is 23.9 Å². The summed E-state index contributed by atoms with van der Waals surface area (Å²) in [5.41, 5.74) is 0.156. The number of para-hydroxylation sites is 1. The molecule has 0 spiro atoms. The van der Waals surface area contributed by atoms with Crippen LogP contribution in [-0.4, -0.2) is 117 Å². The predicted octanol–water partition coefficient (Wildman–Crippen LogP) is 3.87. The fourth-order valence-electron chi connectivity index (χ4n) is 6.72. The molecule has 0 radical (unpaired) electrons. The van der Waals surface area contributed by atoms with Gasteiger partial charge in [0.05, 0.1) is 36.9 Å². The Bertz CT molecular complexity index is 1340. The van der Waals surface area contributed by atoms with Crippen LogP contribution < -0.4 is 0 Å². The van der Waals surface area contributed by atoms with Crippen LogP contribution in [0.3, 0.4) is 0 Å². The second kappa shape index (κ2) is 14.7. The Labute approximate surface area is 264 Å². The van der Waals surface area contributed by atoms with Gasteiger partial charge in [0.25, 0.3) is 5.91 Å². The van der Waals surface area contributed by atoms with Gasteiger partial charge in [0, 0.05) is 39.4 Å². The van der Waals surface area contributed by atoms with Gasteiger partial charge in [0.1, 0.15) is 11.5 Å². The summed E-state index contributed by atoms with van der Waals surface area (Å²) in [6.07, 6.45) is 0.906. The number of halogens is 1. The Kier molecular flexibility index (Phi) is 11.2. The quantitative estimate of drug-likeness (QED) is 0.392. The molecule has 1 aromatic carbocycles. The van der Waals surface area contributed by atoms with Gasteiger partial charge in [-0.05, 0) is 57.1 Å². The van der Waals surface area contributed by atoms with Gasteiger partial charge in [-0.15, -0.1) is 5.10 Å². The minimum Gasteiger partial charge on any atom is -0.465 e. The summed E-state index contributed by atoms with van der Waals surface area (Å²) in [6.45, 7) is 11.9. The van der Waals surface area contributed by atoms with Crippen LogP contribution in [0.4, 0.5) is 9.18 Å². The number of carbonyl (C=O) groups is 3. The third kappa shape index (κ3) is 7.63. The minimum atomic E-state index is -1.14. The molecule has 2 aliphatic rings. The van der Waals surface area contributed by atoms with E-state index >= 15 is 0 Å². The van der Waals surface area contributed by atoms with Crippen molar-refractivity contribution in [3.8, 4) is 5.69 Å². The molecule has 2 aliphatic heterocycles. The number of carboxylic acid groups (broad SMARTS) is 1. The molecule has 0 aliphatic carbocycles. The van der Waals surface area contributed by atoms with Crippen molar-refractivity contribution in [1.82, 2.24) is 29.7 Å². The maximum absolute atomic E-state index is 15.0. The van der Waals surface area contributed by atoms with Crippen LogP contribution in [0.1, 0.15) is 70.1 Å². The van der Waals surface area contributed by atoms with E-state index in [1.807, 2.05) is 34.6 Å². The zero-order valence-corrected chi connectivity index (χ0v) is 27.2. The van der Waals surface area contributed by atoms with Crippen molar-refractivity contribution in [2.45, 2.75) is 78.4 Å². The zero-order chi connectivity index (χ0) is 32.9. The average molecular weight is 631 g/mol.